The highest BCUT2D eigenvalue weighted by atomic mass is 16.5. The normalized spacial score (nSPS) is 11.1. The Bertz CT molecular complexity index is 1680. The van der Waals surface area contributed by atoms with Gasteiger partial charge in [-0.3, -0.25) is 4.79 Å². The zero-order valence-corrected chi connectivity index (χ0v) is 18.6. The van der Waals surface area contributed by atoms with Crippen LogP contribution in [0.15, 0.2) is 86.8 Å². The molecule has 0 amide bonds. The average molecular weight is 452 g/mol. The predicted molar refractivity (Wildman–Crippen MR) is 128 cm³/mol. The third-order valence-corrected chi connectivity index (χ3v) is 5.80. The highest BCUT2D eigenvalue weighted by molar-refractivity contribution is 6.02. The summed E-state index contributed by atoms with van der Waals surface area (Å²) in [6.07, 6.45) is 0. The van der Waals surface area contributed by atoms with Crippen LogP contribution in [-0.2, 0) is 11.3 Å². The van der Waals surface area contributed by atoms with Gasteiger partial charge in [-0.05, 0) is 55.3 Å². The zero-order valence-electron chi connectivity index (χ0n) is 18.6. The molecule has 0 aliphatic rings. The Labute approximate surface area is 193 Å². The predicted octanol–water partition coefficient (Wildman–Crippen LogP) is 4.47. The van der Waals surface area contributed by atoms with Crippen molar-refractivity contribution in [2.45, 2.75) is 20.5 Å². The van der Waals surface area contributed by atoms with Gasteiger partial charge in [-0.2, -0.15) is 9.78 Å². The summed E-state index contributed by atoms with van der Waals surface area (Å²) < 4.78 is 12.1. The number of aryl methyl sites for hydroxylation is 2. The molecule has 3 aromatic carbocycles. The molecule has 0 bridgehead atoms. The lowest BCUT2D eigenvalue weighted by molar-refractivity contribution is 0.0467. The monoisotopic (exact) mass is 452 g/mol. The highest BCUT2D eigenvalue weighted by Gasteiger charge is 2.19. The molecule has 2 heterocycles. The maximum absolute atomic E-state index is 13.2. The van der Waals surface area contributed by atoms with Crippen molar-refractivity contribution in [3.8, 4) is 5.69 Å². The number of rotatable bonds is 4. The Morgan fingerprint density at radius 2 is 1.56 bits per heavy atom. The Balaban J connectivity index is 1.57. The van der Waals surface area contributed by atoms with Crippen LogP contribution in [-0.4, -0.2) is 15.7 Å². The van der Waals surface area contributed by atoms with Gasteiger partial charge in [-0.1, -0.05) is 36.4 Å². The Morgan fingerprint density at radius 1 is 0.882 bits per heavy atom. The number of hydrogen-bond acceptors (Lipinski definition) is 6. The summed E-state index contributed by atoms with van der Waals surface area (Å²) in [4.78, 5) is 38.3. The third kappa shape index (κ3) is 3.77. The first-order chi connectivity index (χ1) is 16.4. The summed E-state index contributed by atoms with van der Waals surface area (Å²) >= 11 is 0. The lowest BCUT2D eigenvalue weighted by Crippen LogP contribution is -2.25. The van der Waals surface area contributed by atoms with Gasteiger partial charge in [0.05, 0.1) is 11.1 Å². The second kappa shape index (κ2) is 8.44. The van der Waals surface area contributed by atoms with Gasteiger partial charge in [0, 0.05) is 22.4 Å². The molecule has 0 N–H and O–H groups in total. The number of hydrogen-bond donors (Lipinski definition) is 0. The maximum atomic E-state index is 13.2. The number of fused-ring (bicyclic) bond motifs is 2. The van der Waals surface area contributed by atoms with Crippen molar-refractivity contribution < 1.29 is 13.9 Å². The molecule has 2 aromatic heterocycles. The lowest BCUT2D eigenvalue weighted by Gasteiger charge is -2.12. The van der Waals surface area contributed by atoms with E-state index >= 15 is 0 Å². The van der Waals surface area contributed by atoms with Crippen molar-refractivity contribution in [1.29, 1.82) is 0 Å². The van der Waals surface area contributed by atoms with Crippen LogP contribution in [0.3, 0.4) is 0 Å². The molecule has 0 unspecified atom stereocenters. The minimum atomic E-state index is -0.703. The first kappa shape index (κ1) is 21.3. The van der Waals surface area contributed by atoms with E-state index in [0.29, 0.717) is 33.0 Å². The van der Waals surface area contributed by atoms with E-state index in [-0.39, 0.29) is 17.9 Å². The van der Waals surface area contributed by atoms with E-state index in [0.717, 1.165) is 11.1 Å². The van der Waals surface area contributed by atoms with Crippen molar-refractivity contribution >= 4 is 27.7 Å². The number of carbonyl (C=O) groups is 1. The Hall–Kier alpha value is -4.52. The quantitative estimate of drug-likeness (QED) is 0.295. The molecule has 0 spiro atoms. The number of nitrogens with zero attached hydrogens (tertiary/aromatic N) is 2. The van der Waals surface area contributed by atoms with E-state index in [1.54, 1.807) is 54.6 Å². The van der Waals surface area contributed by atoms with E-state index in [1.165, 1.54) is 10.7 Å². The molecule has 5 aromatic rings. The van der Waals surface area contributed by atoms with Crippen molar-refractivity contribution in [3.63, 3.8) is 0 Å². The van der Waals surface area contributed by atoms with Gasteiger partial charge in [0.1, 0.15) is 12.2 Å². The molecule has 0 saturated heterocycles. The summed E-state index contributed by atoms with van der Waals surface area (Å²) in [5.74, 6) is -0.703. The molecule has 0 radical (unpaired) electrons. The van der Waals surface area contributed by atoms with Crippen LogP contribution in [0.1, 0.15) is 27.2 Å². The van der Waals surface area contributed by atoms with Crippen LogP contribution < -0.4 is 11.2 Å². The fourth-order valence-electron chi connectivity index (χ4n) is 3.90. The van der Waals surface area contributed by atoms with Gasteiger partial charge in [-0.15, -0.1) is 0 Å². The van der Waals surface area contributed by atoms with Crippen LogP contribution >= 0.6 is 0 Å². The molecule has 0 saturated carbocycles. The van der Waals surface area contributed by atoms with Gasteiger partial charge >= 0.3 is 11.6 Å². The maximum Gasteiger partial charge on any atom is 0.359 e. The first-order valence-electron chi connectivity index (χ1n) is 10.7. The Kier molecular flexibility index (Phi) is 5.30. The summed E-state index contributed by atoms with van der Waals surface area (Å²) in [6, 6.07) is 20.7. The molecule has 0 fully saturated rings. The van der Waals surface area contributed by atoms with Crippen LogP contribution in [0, 0.1) is 13.8 Å². The van der Waals surface area contributed by atoms with Gasteiger partial charge in [-0.25, -0.2) is 9.59 Å². The van der Waals surface area contributed by atoms with Gasteiger partial charge < -0.3 is 9.15 Å². The van der Waals surface area contributed by atoms with Crippen molar-refractivity contribution in [1.82, 2.24) is 9.78 Å². The van der Waals surface area contributed by atoms with Gasteiger partial charge in [0.15, 0.2) is 5.69 Å². The van der Waals surface area contributed by atoms with Crippen molar-refractivity contribution in [2.24, 2.45) is 0 Å². The molecule has 7 heteroatoms. The summed E-state index contributed by atoms with van der Waals surface area (Å²) in [6.45, 7) is 3.74. The van der Waals surface area contributed by atoms with E-state index in [4.69, 9.17) is 9.15 Å². The SMILES string of the molecule is Cc1cc2oc(=O)cc(COC(=O)c3nn(-c4ccccc4)c(=O)c4ccccc34)c2cc1C. The number of para-hydroxylation sites is 1. The van der Waals surface area contributed by atoms with Crippen LogP contribution in [0.5, 0.6) is 0 Å². The summed E-state index contributed by atoms with van der Waals surface area (Å²) in [7, 11) is 0. The molecule has 34 heavy (non-hydrogen) atoms. The standard InChI is InChI=1S/C27H20N2O5/c1-16-12-22-18(14-24(30)34-23(22)13-17(16)2)15-33-27(32)25-20-10-6-7-11-21(20)26(31)29(28-25)19-8-4-3-5-9-19/h3-14H,15H2,1-2H3. The van der Waals surface area contributed by atoms with Crippen molar-refractivity contribution in [2.75, 3.05) is 0 Å². The molecule has 168 valence electrons. The van der Waals surface area contributed by atoms with Gasteiger partial charge in [0.25, 0.3) is 5.56 Å². The number of esters is 1. The first-order valence-corrected chi connectivity index (χ1v) is 10.7. The number of benzene rings is 3. The average Bonchev–Trinajstić information content (AvgIpc) is 2.84. The second-order valence-electron chi connectivity index (χ2n) is 8.05. The molecular weight excluding hydrogens is 432 g/mol. The number of aromatic nitrogens is 2. The Morgan fingerprint density at radius 3 is 2.32 bits per heavy atom. The van der Waals surface area contributed by atoms with E-state index in [1.807, 2.05) is 26.0 Å². The minimum absolute atomic E-state index is 0.0124. The zero-order chi connectivity index (χ0) is 23.8. The highest BCUT2D eigenvalue weighted by Crippen LogP contribution is 2.23. The second-order valence-corrected chi connectivity index (χ2v) is 8.05. The number of ether oxygens (including phenoxy) is 1. The number of carbonyl (C=O) groups excluding carboxylic acids is 1. The third-order valence-electron chi connectivity index (χ3n) is 5.80. The van der Waals surface area contributed by atoms with Crippen LogP contribution in [0.2, 0.25) is 0 Å². The van der Waals surface area contributed by atoms with E-state index in [2.05, 4.69) is 5.10 Å². The minimum Gasteiger partial charge on any atom is -0.456 e. The summed E-state index contributed by atoms with van der Waals surface area (Å²) in [5.41, 5.74) is 2.66. The fraction of sp³-hybridized carbons (Fsp3) is 0.111. The van der Waals surface area contributed by atoms with Crippen LogP contribution in [0.4, 0.5) is 0 Å². The van der Waals surface area contributed by atoms with E-state index in [9.17, 15) is 14.4 Å². The molecule has 5 rings (SSSR count). The fourth-order valence-corrected chi connectivity index (χ4v) is 3.90. The molecular formula is C27H20N2O5. The summed E-state index contributed by atoms with van der Waals surface area (Å²) in [5, 5.41) is 5.78. The molecule has 0 atom stereocenters. The van der Waals surface area contributed by atoms with Gasteiger partial charge in [0.2, 0.25) is 0 Å². The van der Waals surface area contributed by atoms with E-state index < -0.39 is 11.6 Å². The van der Waals surface area contributed by atoms with Crippen molar-refractivity contribution in [3.05, 3.63) is 116 Å². The van der Waals surface area contributed by atoms with Crippen LogP contribution in [0.25, 0.3) is 27.4 Å². The topological polar surface area (TPSA) is 91.4 Å². The molecule has 7 nitrogen and oxygen atoms in total. The smallest absolute Gasteiger partial charge is 0.359 e. The largest absolute Gasteiger partial charge is 0.456 e. The molecule has 0 aliphatic heterocycles. The molecule has 0 aliphatic carbocycles. The lowest BCUT2D eigenvalue weighted by atomic mass is 10.0.